The van der Waals surface area contributed by atoms with Gasteiger partial charge in [0.25, 0.3) is 5.91 Å². The lowest BCUT2D eigenvalue weighted by Crippen LogP contribution is -2.15. The van der Waals surface area contributed by atoms with Crippen molar-refractivity contribution in [3.8, 4) is 0 Å². The highest BCUT2D eigenvalue weighted by Crippen LogP contribution is 2.27. The summed E-state index contributed by atoms with van der Waals surface area (Å²) in [5, 5.41) is 2.38. The van der Waals surface area contributed by atoms with Crippen LogP contribution in [0.1, 0.15) is 15.9 Å². The number of carbonyl (C=O) groups excluding carboxylic acids is 1. The van der Waals surface area contributed by atoms with Crippen molar-refractivity contribution in [2.45, 2.75) is 0 Å². The van der Waals surface area contributed by atoms with E-state index in [-0.39, 0.29) is 15.1 Å². The lowest BCUT2D eigenvalue weighted by Gasteiger charge is -2.09. The molecule has 0 spiro atoms. The summed E-state index contributed by atoms with van der Waals surface area (Å²) in [6.45, 7) is 0. The van der Waals surface area contributed by atoms with Gasteiger partial charge in [-0.25, -0.2) is 8.78 Å². The SMILES string of the molecule is NC(=S)c1ccc(C(=O)Nc2c(F)cc(F)cc2Br)cc1. The number of amides is 1. The largest absolute Gasteiger partial charge is 0.389 e. The Morgan fingerprint density at radius 3 is 2.24 bits per heavy atom. The maximum Gasteiger partial charge on any atom is 0.255 e. The Kier molecular flexibility index (Phi) is 4.64. The Morgan fingerprint density at radius 2 is 1.71 bits per heavy atom. The Morgan fingerprint density at radius 1 is 1.14 bits per heavy atom. The van der Waals surface area contributed by atoms with E-state index in [2.05, 4.69) is 21.2 Å². The Balaban J connectivity index is 2.24. The van der Waals surface area contributed by atoms with Crippen LogP contribution >= 0.6 is 28.1 Å². The van der Waals surface area contributed by atoms with Gasteiger partial charge in [-0.2, -0.15) is 0 Å². The first-order valence-corrected chi connectivity index (χ1v) is 6.94. The molecule has 0 saturated carbocycles. The van der Waals surface area contributed by atoms with Crippen LogP contribution in [0.4, 0.5) is 14.5 Å². The minimum atomic E-state index is -0.866. The standard InChI is InChI=1S/C14H9BrF2N2OS/c15-10-5-9(16)6-11(17)12(10)19-14(20)8-3-1-7(2-4-8)13(18)21/h1-6H,(H2,18,21)(H,19,20). The van der Waals surface area contributed by atoms with Crippen LogP contribution in [0, 0.1) is 11.6 Å². The Hall–Kier alpha value is -1.86. The van der Waals surface area contributed by atoms with Crippen LogP contribution in [-0.2, 0) is 0 Å². The van der Waals surface area contributed by atoms with Gasteiger partial charge in [0.2, 0.25) is 0 Å². The van der Waals surface area contributed by atoms with E-state index in [0.717, 1.165) is 6.07 Å². The number of thiocarbonyl (C=S) groups is 1. The predicted molar refractivity (Wildman–Crippen MR) is 84.3 cm³/mol. The highest BCUT2D eigenvalue weighted by molar-refractivity contribution is 9.10. The Labute approximate surface area is 133 Å². The van der Waals surface area contributed by atoms with Crippen LogP contribution in [0.5, 0.6) is 0 Å². The van der Waals surface area contributed by atoms with Crippen LogP contribution in [-0.4, -0.2) is 10.9 Å². The molecule has 2 aromatic rings. The molecule has 0 heterocycles. The molecule has 3 N–H and O–H groups in total. The van der Waals surface area contributed by atoms with Gasteiger partial charge in [-0.1, -0.05) is 24.4 Å². The summed E-state index contributed by atoms with van der Waals surface area (Å²) in [7, 11) is 0. The molecule has 0 aliphatic heterocycles. The van der Waals surface area contributed by atoms with E-state index in [1.807, 2.05) is 0 Å². The average molecular weight is 371 g/mol. The quantitative estimate of drug-likeness (QED) is 0.811. The van der Waals surface area contributed by atoms with Crippen molar-refractivity contribution < 1.29 is 13.6 Å². The van der Waals surface area contributed by atoms with Crippen LogP contribution in [0.15, 0.2) is 40.9 Å². The van der Waals surface area contributed by atoms with Crippen LogP contribution in [0.25, 0.3) is 0 Å². The number of hydrogen-bond acceptors (Lipinski definition) is 2. The van der Waals surface area contributed by atoms with E-state index in [0.29, 0.717) is 17.2 Å². The molecule has 0 fully saturated rings. The molecular formula is C14H9BrF2N2OS. The monoisotopic (exact) mass is 370 g/mol. The molecule has 3 nitrogen and oxygen atoms in total. The second-order valence-electron chi connectivity index (χ2n) is 4.14. The molecular weight excluding hydrogens is 362 g/mol. The number of hydrogen-bond donors (Lipinski definition) is 2. The summed E-state index contributed by atoms with van der Waals surface area (Å²) < 4.78 is 26.7. The van der Waals surface area contributed by atoms with Crippen molar-refractivity contribution in [3.63, 3.8) is 0 Å². The average Bonchev–Trinajstić information content (AvgIpc) is 2.42. The zero-order valence-electron chi connectivity index (χ0n) is 10.5. The molecule has 0 bridgehead atoms. The molecule has 7 heteroatoms. The summed E-state index contributed by atoms with van der Waals surface area (Å²) in [5.74, 6) is -2.14. The number of halogens is 3. The molecule has 0 radical (unpaired) electrons. The van der Waals surface area contributed by atoms with Crippen molar-refractivity contribution in [2.75, 3.05) is 5.32 Å². The molecule has 0 aromatic heterocycles. The van der Waals surface area contributed by atoms with Crippen LogP contribution in [0.2, 0.25) is 0 Å². The molecule has 0 aliphatic carbocycles. The van der Waals surface area contributed by atoms with E-state index < -0.39 is 17.5 Å². The minimum absolute atomic E-state index is 0.119. The van der Waals surface area contributed by atoms with Crippen LogP contribution in [0.3, 0.4) is 0 Å². The molecule has 0 saturated heterocycles. The zero-order chi connectivity index (χ0) is 15.6. The number of nitrogens with two attached hydrogens (primary N) is 1. The van der Waals surface area contributed by atoms with E-state index in [9.17, 15) is 13.6 Å². The fourth-order valence-corrected chi connectivity index (χ4v) is 2.28. The number of carbonyl (C=O) groups is 1. The fraction of sp³-hybridized carbons (Fsp3) is 0. The highest BCUT2D eigenvalue weighted by Gasteiger charge is 2.14. The van der Waals surface area contributed by atoms with Crippen molar-refractivity contribution in [2.24, 2.45) is 5.73 Å². The summed E-state index contributed by atoms with van der Waals surface area (Å²) in [6, 6.07) is 7.96. The summed E-state index contributed by atoms with van der Waals surface area (Å²) in [5.41, 5.74) is 6.25. The van der Waals surface area contributed by atoms with Gasteiger partial charge in [0.05, 0.1) is 5.69 Å². The lowest BCUT2D eigenvalue weighted by molar-refractivity contribution is 0.102. The summed E-state index contributed by atoms with van der Waals surface area (Å²) >= 11 is 7.81. The van der Waals surface area contributed by atoms with E-state index in [1.165, 1.54) is 12.1 Å². The topological polar surface area (TPSA) is 55.1 Å². The van der Waals surface area contributed by atoms with Gasteiger partial charge in [0, 0.05) is 21.7 Å². The zero-order valence-corrected chi connectivity index (χ0v) is 12.9. The Bertz CT molecular complexity index is 696. The first-order chi connectivity index (χ1) is 9.88. The second-order valence-corrected chi connectivity index (χ2v) is 5.43. The van der Waals surface area contributed by atoms with Gasteiger partial charge in [-0.05, 0) is 34.1 Å². The van der Waals surface area contributed by atoms with Gasteiger partial charge < -0.3 is 11.1 Å². The molecule has 0 aliphatic rings. The fourth-order valence-electron chi connectivity index (χ4n) is 1.63. The molecule has 21 heavy (non-hydrogen) atoms. The maximum atomic E-state index is 13.6. The third-order valence-electron chi connectivity index (χ3n) is 2.68. The first kappa shape index (κ1) is 15.5. The molecule has 1 amide bonds. The number of benzene rings is 2. The maximum absolute atomic E-state index is 13.6. The highest BCUT2D eigenvalue weighted by atomic mass is 79.9. The van der Waals surface area contributed by atoms with Gasteiger partial charge in [-0.3, -0.25) is 4.79 Å². The van der Waals surface area contributed by atoms with Crippen molar-refractivity contribution >= 4 is 44.7 Å². The second kappa shape index (κ2) is 6.28. The van der Waals surface area contributed by atoms with E-state index in [1.54, 1.807) is 12.1 Å². The van der Waals surface area contributed by atoms with Gasteiger partial charge in [0.15, 0.2) is 5.82 Å². The smallest absolute Gasteiger partial charge is 0.255 e. The third-order valence-corrected chi connectivity index (χ3v) is 3.54. The van der Waals surface area contributed by atoms with Crippen molar-refractivity contribution in [1.29, 1.82) is 0 Å². The van der Waals surface area contributed by atoms with Gasteiger partial charge in [-0.15, -0.1) is 0 Å². The lowest BCUT2D eigenvalue weighted by atomic mass is 10.1. The van der Waals surface area contributed by atoms with Gasteiger partial charge in [0.1, 0.15) is 10.8 Å². The summed E-state index contributed by atoms with van der Waals surface area (Å²) in [6.07, 6.45) is 0. The molecule has 0 unspecified atom stereocenters. The molecule has 2 rings (SSSR count). The van der Waals surface area contributed by atoms with E-state index in [4.69, 9.17) is 18.0 Å². The van der Waals surface area contributed by atoms with Crippen LogP contribution < -0.4 is 11.1 Å². The van der Waals surface area contributed by atoms with E-state index >= 15 is 0 Å². The number of rotatable bonds is 3. The molecule has 0 atom stereocenters. The number of nitrogens with one attached hydrogen (secondary N) is 1. The van der Waals surface area contributed by atoms with Crippen molar-refractivity contribution in [3.05, 3.63) is 63.6 Å². The molecule has 2 aromatic carbocycles. The molecule has 108 valence electrons. The normalized spacial score (nSPS) is 10.2. The third kappa shape index (κ3) is 3.62. The predicted octanol–water partition coefficient (Wildman–Crippen LogP) is 3.61. The minimum Gasteiger partial charge on any atom is -0.389 e. The summed E-state index contributed by atoms with van der Waals surface area (Å²) in [4.78, 5) is 12.2. The van der Waals surface area contributed by atoms with Gasteiger partial charge >= 0.3 is 0 Å². The number of anilines is 1. The first-order valence-electron chi connectivity index (χ1n) is 5.74. The van der Waals surface area contributed by atoms with Crippen molar-refractivity contribution in [1.82, 2.24) is 0 Å².